The van der Waals surface area contributed by atoms with E-state index in [1.54, 1.807) is 0 Å². The standard InChI is InChI=1S/C9H21IN2S/c1-4-5-11(2)6-7-12(3)8-9-13-10/h4-9H2,1-3H3. The van der Waals surface area contributed by atoms with Crippen molar-refractivity contribution in [3.63, 3.8) is 0 Å². The van der Waals surface area contributed by atoms with Crippen molar-refractivity contribution < 1.29 is 0 Å². The van der Waals surface area contributed by atoms with Gasteiger partial charge in [0.1, 0.15) is 0 Å². The number of nitrogens with zero attached hydrogens (tertiary/aromatic N) is 2. The Morgan fingerprint density at radius 2 is 1.54 bits per heavy atom. The predicted molar refractivity (Wildman–Crippen MR) is 71.8 cm³/mol. The van der Waals surface area contributed by atoms with E-state index >= 15 is 0 Å². The minimum atomic E-state index is 1.19. The van der Waals surface area contributed by atoms with Gasteiger partial charge in [-0.15, -0.1) is 0 Å². The molecule has 0 atom stereocenters. The molecule has 80 valence electrons. The van der Waals surface area contributed by atoms with Crippen LogP contribution in [0.1, 0.15) is 13.3 Å². The van der Waals surface area contributed by atoms with Gasteiger partial charge in [-0.3, -0.25) is 0 Å². The summed E-state index contributed by atoms with van der Waals surface area (Å²) in [6.45, 7) is 7.03. The fourth-order valence-electron chi connectivity index (χ4n) is 1.14. The monoisotopic (exact) mass is 316 g/mol. The summed E-state index contributed by atoms with van der Waals surface area (Å²) in [5.41, 5.74) is 0. The molecule has 13 heavy (non-hydrogen) atoms. The Kier molecular flexibility index (Phi) is 10.3. The highest BCUT2D eigenvalue weighted by molar-refractivity contribution is 14.2. The average molecular weight is 316 g/mol. The lowest BCUT2D eigenvalue weighted by Crippen LogP contribution is -2.32. The van der Waals surface area contributed by atoms with Gasteiger partial charge >= 0.3 is 0 Å². The van der Waals surface area contributed by atoms with Gasteiger partial charge in [-0.2, -0.15) is 0 Å². The molecule has 0 aliphatic rings. The molecule has 0 radical (unpaired) electrons. The van der Waals surface area contributed by atoms with Gasteiger partial charge in [0.2, 0.25) is 0 Å². The highest BCUT2D eigenvalue weighted by Crippen LogP contribution is 2.09. The number of hydrogen-bond donors (Lipinski definition) is 0. The molecule has 2 nitrogen and oxygen atoms in total. The van der Waals surface area contributed by atoms with Crippen molar-refractivity contribution in [2.45, 2.75) is 13.3 Å². The second-order valence-electron chi connectivity index (χ2n) is 3.42. The summed E-state index contributed by atoms with van der Waals surface area (Å²) in [5, 5.41) is 0. The normalized spacial score (nSPS) is 11.5. The van der Waals surface area contributed by atoms with E-state index in [0.29, 0.717) is 0 Å². The van der Waals surface area contributed by atoms with Crippen LogP contribution in [0.2, 0.25) is 0 Å². The van der Waals surface area contributed by atoms with E-state index in [2.05, 4.69) is 52.0 Å². The van der Waals surface area contributed by atoms with Crippen molar-refractivity contribution in [2.24, 2.45) is 0 Å². The van der Waals surface area contributed by atoms with Gasteiger partial charge in [-0.05, 0) is 48.3 Å². The Morgan fingerprint density at radius 1 is 1.00 bits per heavy atom. The van der Waals surface area contributed by atoms with Crippen LogP contribution in [0, 0.1) is 0 Å². The molecule has 4 heteroatoms. The first-order chi connectivity index (χ1) is 6.20. The molecule has 0 aliphatic carbocycles. The van der Waals surface area contributed by atoms with Gasteiger partial charge in [0.05, 0.1) is 0 Å². The third kappa shape index (κ3) is 9.31. The van der Waals surface area contributed by atoms with Crippen molar-refractivity contribution in [1.29, 1.82) is 0 Å². The lowest BCUT2D eigenvalue weighted by Gasteiger charge is -2.20. The van der Waals surface area contributed by atoms with Crippen molar-refractivity contribution in [3.8, 4) is 0 Å². The zero-order chi connectivity index (χ0) is 10.1. The maximum absolute atomic E-state index is 2.40. The number of rotatable bonds is 8. The fourth-order valence-corrected chi connectivity index (χ4v) is 2.11. The summed E-state index contributed by atoms with van der Waals surface area (Å²) in [6, 6.07) is 0. The molecule has 0 bridgehead atoms. The molecule has 0 aromatic rings. The van der Waals surface area contributed by atoms with E-state index in [1.165, 1.54) is 38.4 Å². The summed E-state index contributed by atoms with van der Waals surface area (Å²) in [7, 11) is 6.29. The molecule has 0 rings (SSSR count). The van der Waals surface area contributed by atoms with Gasteiger partial charge in [0.25, 0.3) is 0 Å². The van der Waals surface area contributed by atoms with Crippen molar-refractivity contribution >= 4 is 30.1 Å². The summed E-state index contributed by atoms with van der Waals surface area (Å²) < 4.78 is 0. The van der Waals surface area contributed by atoms with Crippen LogP contribution in [0.25, 0.3) is 0 Å². The second-order valence-corrected chi connectivity index (χ2v) is 5.91. The molecule has 0 saturated heterocycles. The number of halogens is 1. The van der Waals surface area contributed by atoms with Crippen LogP contribution >= 0.6 is 30.1 Å². The highest BCUT2D eigenvalue weighted by Gasteiger charge is 2.00. The summed E-state index contributed by atoms with van der Waals surface area (Å²) in [5.74, 6) is 1.23. The van der Waals surface area contributed by atoms with Crippen molar-refractivity contribution in [1.82, 2.24) is 9.80 Å². The largest absolute Gasteiger partial charge is 0.305 e. The Balaban J connectivity index is 3.29. The van der Waals surface area contributed by atoms with E-state index in [0.717, 1.165) is 0 Å². The first kappa shape index (κ1) is 14.0. The zero-order valence-corrected chi connectivity index (χ0v) is 11.9. The van der Waals surface area contributed by atoms with Crippen molar-refractivity contribution in [2.75, 3.05) is 46.0 Å². The molecule has 0 aromatic heterocycles. The molecular weight excluding hydrogens is 295 g/mol. The van der Waals surface area contributed by atoms with Gasteiger partial charge in [0, 0.05) is 25.4 Å². The molecule has 0 aliphatic heterocycles. The van der Waals surface area contributed by atoms with Crippen LogP contribution in [0.4, 0.5) is 0 Å². The molecule has 0 N–H and O–H groups in total. The summed E-state index contributed by atoms with van der Waals surface area (Å²) in [6.07, 6.45) is 1.25. The lowest BCUT2D eigenvalue weighted by atomic mass is 10.4. The highest BCUT2D eigenvalue weighted by atomic mass is 127. The van der Waals surface area contributed by atoms with Gasteiger partial charge in [-0.1, -0.05) is 15.9 Å². The third-order valence-electron chi connectivity index (χ3n) is 2.02. The predicted octanol–water partition coefficient (Wildman–Crippen LogP) is 2.34. The smallest absolute Gasteiger partial charge is 0.0161 e. The van der Waals surface area contributed by atoms with Crippen LogP contribution < -0.4 is 0 Å². The molecule has 0 heterocycles. The summed E-state index contributed by atoms with van der Waals surface area (Å²) >= 11 is 2.36. The number of likely N-dealkylation sites (N-methyl/N-ethyl adjacent to an activating group) is 2. The van der Waals surface area contributed by atoms with E-state index < -0.39 is 0 Å². The van der Waals surface area contributed by atoms with Crippen LogP contribution in [-0.4, -0.2) is 55.8 Å². The molecular formula is C9H21IN2S. The Bertz CT molecular complexity index is 114. The average Bonchev–Trinajstić information content (AvgIpc) is 2.12. The maximum Gasteiger partial charge on any atom is 0.0161 e. The first-order valence-electron chi connectivity index (χ1n) is 4.81. The van der Waals surface area contributed by atoms with Crippen molar-refractivity contribution in [3.05, 3.63) is 0 Å². The lowest BCUT2D eigenvalue weighted by molar-refractivity contribution is 0.265. The fraction of sp³-hybridized carbons (Fsp3) is 1.00. The van der Waals surface area contributed by atoms with Gasteiger partial charge < -0.3 is 9.80 Å². The minimum absolute atomic E-state index is 1.19. The molecule has 0 saturated carbocycles. The molecule has 0 spiro atoms. The van der Waals surface area contributed by atoms with Crippen LogP contribution in [0.5, 0.6) is 0 Å². The van der Waals surface area contributed by atoms with Gasteiger partial charge in [-0.25, -0.2) is 0 Å². The second kappa shape index (κ2) is 9.55. The Hall–Kier alpha value is 1.00. The van der Waals surface area contributed by atoms with Gasteiger partial charge in [0.15, 0.2) is 0 Å². The molecule has 0 unspecified atom stereocenters. The Morgan fingerprint density at radius 3 is 2.00 bits per heavy atom. The van der Waals surface area contributed by atoms with E-state index in [9.17, 15) is 0 Å². The maximum atomic E-state index is 2.40. The molecule has 0 amide bonds. The van der Waals surface area contributed by atoms with E-state index in [1.807, 2.05) is 8.93 Å². The van der Waals surface area contributed by atoms with Crippen LogP contribution in [0.3, 0.4) is 0 Å². The SMILES string of the molecule is CCCN(C)CCN(C)CCSI. The number of hydrogen-bond acceptors (Lipinski definition) is 3. The van der Waals surface area contributed by atoms with Crippen LogP contribution in [-0.2, 0) is 0 Å². The summed E-state index contributed by atoms with van der Waals surface area (Å²) in [4.78, 5) is 4.80. The van der Waals surface area contributed by atoms with E-state index in [-0.39, 0.29) is 0 Å². The Labute approximate surface area is 99.0 Å². The quantitative estimate of drug-likeness (QED) is 0.635. The third-order valence-corrected chi connectivity index (χ3v) is 3.68. The molecule has 0 aromatic carbocycles. The van der Waals surface area contributed by atoms with E-state index in [4.69, 9.17) is 0 Å². The topological polar surface area (TPSA) is 6.48 Å². The molecule has 0 fully saturated rings. The van der Waals surface area contributed by atoms with Crippen LogP contribution in [0.15, 0.2) is 0 Å². The zero-order valence-electron chi connectivity index (χ0n) is 8.92. The first-order valence-corrected chi connectivity index (χ1v) is 8.34. The minimum Gasteiger partial charge on any atom is -0.305 e.